The molecule has 0 radical (unpaired) electrons. The Morgan fingerprint density at radius 1 is 1.00 bits per heavy atom. The Morgan fingerprint density at radius 2 is 1.65 bits per heavy atom. The first-order valence-electron chi connectivity index (χ1n) is 9.51. The van der Waals surface area contributed by atoms with Gasteiger partial charge in [-0.2, -0.15) is 0 Å². The summed E-state index contributed by atoms with van der Waals surface area (Å²) >= 11 is 0. The van der Waals surface area contributed by atoms with Crippen molar-refractivity contribution in [2.75, 3.05) is 13.7 Å². The smallest absolute Gasteiger partial charge is 0.269 e. The molecular weight excluding hydrogens is 401 g/mol. The van der Waals surface area contributed by atoms with E-state index in [9.17, 15) is 14.5 Å². The van der Waals surface area contributed by atoms with Crippen LogP contribution in [0.5, 0.6) is 11.5 Å². The third-order valence-corrected chi connectivity index (χ3v) is 4.51. The zero-order chi connectivity index (χ0) is 22.2. The SMILES string of the molecule is C=C(COC)c1ccccc1COc1cc(F)cc(OCc2ccc([N+](=O)[O-])cc2)c1. The summed E-state index contributed by atoms with van der Waals surface area (Å²) in [6.45, 7) is 4.80. The summed E-state index contributed by atoms with van der Waals surface area (Å²) in [5.41, 5.74) is 3.38. The first-order valence-corrected chi connectivity index (χ1v) is 9.51. The number of nitro groups is 1. The Bertz CT molecular complexity index is 1070. The van der Waals surface area contributed by atoms with Gasteiger partial charge in [0.25, 0.3) is 5.69 Å². The Hall–Kier alpha value is -3.71. The number of halogens is 1. The number of nitro benzene ring substituents is 1. The van der Waals surface area contributed by atoms with Gasteiger partial charge >= 0.3 is 0 Å². The van der Waals surface area contributed by atoms with Crippen molar-refractivity contribution in [1.82, 2.24) is 0 Å². The van der Waals surface area contributed by atoms with Crippen molar-refractivity contribution in [1.29, 1.82) is 0 Å². The van der Waals surface area contributed by atoms with E-state index in [1.165, 1.54) is 24.3 Å². The standard InChI is InChI=1S/C24H22FNO5/c1-17(14-29-2)24-6-4-3-5-19(24)16-31-23-12-20(25)11-22(13-23)30-15-18-7-9-21(10-8-18)26(27)28/h3-13H,1,14-16H2,2H3. The van der Waals surface area contributed by atoms with Gasteiger partial charge in [0.1, 0.15) is 30.5 Å². The average molecular weight is 423 g/mol. The summed E-state index contributed by atoms with van der Waals surface area (Å²) in [4.78, 5) is 10.3. The average Bonchev–Trinajstić information content (AvgIpc) is 2.76. The molecule has 0 spiro atoms. The third-order valence-electron chi connectivity index (χ3n) is 4.51. The van der Waals surface area contributed by atoms with Crippen LogP contribution in [0.25, 0.3) is 5.57 Å². The molecule has 160 valence electrons. The summed E-state index contributed by atoms with van der Waals surface area (Å²) in [5.74, 6) is 0.129. The minimum atomic E-state index is -0.492. The highest BCUT2D eigenvalue weighted by atomic mass is 19.1. The lowest BCUT2D eigenvalue weighted by atomic mass is 10.0. The lowest BCUT2D eigenvalue weighted by Crippen LogP contribution is -2.03. The first-order chi connectivity index (χ1) is 15.0. The van der Waals surface area contributed by atoms with E-state index in [1.54, 1.807) is 25.3 Å². The molecule has 0 N–H and O–H groups in total. The van der Waals surface area contributed by atoms with Crippen LogP contribution in [0.3, 0.4) is 0 Å². The minimum Gasteiger partial charge on any atom is -0.489 e. The number of non-ortho nitro benzene ring substituents is 1. The lowest BCUT2D eigenvalue weighted by Gasteiger charge is -2.14. The monoisotopic (exact) mass is 423 g/mol. The maximum absolute atomic E-state index is 14.1. The fraction of sp³-hybridized carbons (Fsp3) is 0.167. The predicted molar refractivity (Wildman–Crippen MR) is 116 cm³/mol. The number of hydrogen-bond donors (Lipinski definition) is 0. The molecule has 0 aliphatic carbocycles. The van der Waals surface area contributed by atoms with Crippen LogP contribution in [0.2, 0.25) is 0 Å². The molecule has 0 amide bonds. The van der Waals surface area contributed by atoms with Gasteiger partial charge in [-0.15, -0.1) is 0 Å². The molecule has 0 unspecified atom stereocenters. The van der Waals surface area contributed by atoms with Crippen molar-refractivity contribution >= 4 is 11.3 Å². The fourth-order valence-electron chi connectivity index (χ4n) is 2.99. The number of rotatable bonds is 10. The molecule has 3 rings (SSSR count). The number of nitrogens with zero attached hydrogens (tertiary/aromatic N) is 1. The van der Waals surface area contributed by atoms with Gasteiger partial charge in [0.15, 0.2) is 0 Å². The van der Waals surface area contributed by atoms with Crippen LogP contribution in [0, 0.1) is 15.9 Å². The molecule has 0 saturated heterocycles. The lowest BCUT2D eigenvalue weighted by molar-refractivity contribution is -0.384. The van der Waals surface area contributed by atoms with Gasteiger partial charge in [-0.1, -0.05) is 30.8 Å². The van der Waals surface area contributed by atoms with Gasteiger partial charge in [-0.25, -0.2) is 4.39 Å². The number of ether oxygens (including phenoxy) is 3. The molecule has 0 fully saturated rings. The van der Waals surface area contributed by atoms with E-state index < -0.39 is 10.7 Å². The maximum Gasteiger partial charge on any atom is 0.269 e. The predicted octanol–water partition coefficient (Wildman–Crippen LogP) is 5.55. The molecule has 0 aliphatic heterocycles. The Kier molecular flexibility index (Phi) is 7.35. The van der Waals surface area contributed by atoms with Crippen LogP contribution in [0.15, 0.2) is 73.3 Å². The highest BCUT2D eigenvalue weighted by molar-refractivity contribution is 5.67. The Labute approximate surface area is 179 Å². The van der Waals surface area contributed by atoms with E-state index in [4.69, 9.17) is 14.2 Å². The first kappa shape index (κ1) is 22.0. The van der Waals surface area contributed by atoms with Crippen molar-refractivity contribution in [3.8, 4) is 11.5 Å². The van der Waals surface area contributed by atoms with Gasteiger partial charge in [-0.05, 0) is 34.4 Å². The molecule has 0 atom stereocenters. The number of methoxy groups -OCH3 is 1. The molecule has 0 heterocycles. The van der Waals surface area contributed by atoms with Crippen molar-refractivity contribution in [2.45, 2.75) is 13.2 Å². The normalized spacial score (nSPS) is 10.5. The molecule has 3 aromatic rings. The van der Waals surface area contributed by atoms with E-state index in [0.29, 0.717) is 18.1 Å². The van der Waals surface area contributed by atoms with Crippen LogP contribution in [0.1, 0.15) is 16.7 Å². The van der Waals surface area contributed by atoms with Gasteiger partial charge < -0.3 is 14.2 Å². The fourth-order valence-corrected chi connectivity index (χ4v) is 2.99. The third kappa shape index (κ3) is 6.13. The zero-order valence-corrected chi connectivity index (χ0v) is 17.0. The van der Waals surface area contributed by atoms with E-state index >= 15 is 0 Å². The summed E-state index contributed by atoms with van der Waals surface area (Å²) in [6.07, 6.45) is 0. The Balaban J connectivity index is 1.66. The summed E-state index contributed by atoms with van der Waals surface area (Å²) in [5, 5.41) is 10.7. The number of hydrogen-bond acceptors (Lipinski definition) is 5. The van der Waals surface area contributed by atoms with Crippen molar-refractivity contribution in [2.24, 2.45) is 0 Å². The highest BCUT2D eigenvalue weighted by Gasteiger charge is 2.09. The molecule has 0 aromatic heterocycles. The summed E-state index contributed by atoms with van der Waals surface area (Å²) in [7, 11) is 1.61. The Morgan fingerprint density at radius 3 is 2.29 bits per heavy atom. The van der Waals surface area contributed by atoms with E-state index in [-0.39, 0.29) is 18.9 Å². The van der Waals surface area contributed by atoms with E-state index in [2.05, 4.69) is 6.58 Å². The molecule has 0 bridgehead atoms. The zero-order valence-electron chi connectivity index (χ0n) is 17.0. The molecule has 0 aliphatic rings. The van der Waals surface area contributed by atoms with Gasteiger partial charge in [-0.3, -0.25) is 10.1 Å². The van der Waals surface area contributed by atoms with E-state index in [1.807, 2.05) is 24.3 Å². The van der Waals surface area contributed by atoms with Crippen LogP contribution in [-0.2, 0) is 18.0 Å². The van der Waals surface area contributed by atoms with Crippen LogP contribution >= 0.6 is 0 Å². The molecular formula is C24H22FNO5. The second-order valence-corrected chi connectivity index (χ2v) is 6.82. The second-order valence-electron chi connectivity index (χ2n) is 6.82. The van der Waals surface area contributed by atoms with Crippen LogP contribution < -0.4 is 9.47 Å². The quantitative estimate of drug-likeness (QED) is 0.316. The second kappa shape index (κ2) is 10.4. The summed E-state index contributed by atoms with van der Waals surface area (Å²) in [6, 6.07) is 17.8. The largest absolute Gasteiger partial charge is 0.489 e. The minimum absolute atomic E-state index is 0.00125. The molecule has 7 heteroatoms. The number of benzene rings is 3. The molecule has 6 nitrogen and oxygen atoms in total. The van der Waals surface area contributed by atoms with Crippen molar-refractivity contribution in [3.05, 3.63) is 106 Å². The van der Waals surface area contributed by atoms with Crippen molar-refractivity contribution < 1.29 is 23.5 Å². The van der Waals surface area contributed by atoms with E-state index in [0.717, 1.165) is 22.3 Å². The molecule has 31 heavy (non-hydrogen) atoms. The van der Waals surface area contributed by atoms with Crippen molar-refractivity contribution in [3.63, 3.8) is 0 Å². The van der Waals surface area contributed by atoms with Crippen LogP contribution in [-0.4, -0.2) is 18.6 Å². The van der Waals surface area contributed by atoms with Gasteiger partial charge in [0.2, 0.25) is 0 Å². The highest BCUT2D eigenvalue weighted by Crippen LogP contribution is 2.26. The van der Waals surface area contributed by atoms with Crippen LogP contribution in [0.4, 0.5) is 10.1 Å². The maximum atomic E-state index is 14.1. The molecule has 3 aromatic carbocycles. The topological polar surface area (TPSA) is 70.8 Å². The van der Waals surface area contributed by atoms with Gasteiger partial charge in [0, 0.05) is 37.4 Å². The molecule has 0 saturated carbocycles. The van der Waals surface area contributed by atoms with Gasteiger partial charge in [0.05, 0.1) is 11.5 Å². The summed E-state index contributed by atoms with van der Waals surface area (Å²) < 4.78 is 30.7.